The second kappa shape index (κ2) is 10.9. The van der Waals surface area contributed by atoms with Crippen LogP contribution in [0.5, 0.6) is 0 Å². The Morgan fingerprint density at radius 2 is 0.914 bits per heavy atom. The summed E-state index contributed by atoms with van der Waals surface area (Å²) in [4.78, 5) is 37.2. The van der Waals surface area contributed by atoms with E-state index in [2.05, 4.69) is 10.6 Å². The number of carbonyl (C=O) groups is 3. The van der Waals surface area contributed by atoms with Gasteiger partial charge in [0.1, 0.15) is 0 Å². The zero-order chi connectivity index (χ0) is 24.6. The number of anilines is 2. The Morgan fingerprint density at radius 1 is 0.543 bits per heavy atom. The molecule has 0 fully saturated rings. The molecule has 0 saturated carbocycles. The van der Waals surface area contributed by atoms with Gasteiger partial charge in [0.2, 0.25) is 0 Å². The summed E-state index contributed by atoms with van der Waals surface area (Å²) in [5.74, 6) is -1.88. The molecule has 0 aliphatic heterocycles. The Hall–Kier alpha value is -4.75. The first-order valence-corrected chi connectivity index (χ1v) is 10.9. The number of benzene rings is 4. The summed E-state index contributed by atoms with van der Waals surface area (Å²) >= 11 is 0. The summed E-state index contributed by atoms with van der Waals surface area (Å²) in [5, 5.41) is 14.9. The third-order valence-corrected chi connectivity index (χ3v) is 5.45. The fourth-order valence-electron chi connectivity index (χ4n) is 3.66. The van der Waals surface area contributed by atoms with E-state index in [1.807, 2.05) is 12.1 Å². The molecule has 0 saturated heterocycles. The van der Waals surface area contributed by atoms with Crippen LogP contribution in [0.4, 0.5) is 11.4 Å². The number of hydroxylamine groups is 1. The Kier molecular flexibility index (Phi) is 7.30. The Morgan fingerprint density at radius 3 is 1.26 bits per heavy atom. The Labute approximate surface area is 202 Å². The molecule has 4 N–H and O–H groups in total. The monoisotopic (exact) mass is 465 g/mol. The van der Waals surface area contributed by atoms with E-state index in [9.17, 15) is 19.6 Å². The predicted octanol–water partition coefficient (Wildman–Crippen LogP) is 4.83. The summed E-state index contributed by atoms with van der Waals surface area (Å²) in [5.41, 5.74) is 5.18. The van der Waals surface area contributed by atoms with Gasteiger partial charge in [-0.2, -0.15) is 0 Å². The molecule has 0 atom stereocenters. The van der Waals surface area contributed by atoms with Crippen molar-refractivity contribution in [1.82, 2.24) is 5.48 Å². The second-order valence-corrected chi connectivity index (χ2v) is 7.79. The molecule has 0 aromatic heterocycles. The molecule has 7 heteroatoms. The highest BCUT2D eigenvalue weighted by Crippen LogP contribution is 2.27. The van der Waals surface area contributed by atoms with Crippen molar-refractivity contribution in [3.05, 3.63) is 131 Å². The molecule has 0 heterocycles. The summed E-state index contributed by atoms with van der Waals surface area (Å²) < 4.78 is 0. The largest absolute Gasteiger partial charge is 0.322 e. The van der Waals surface area contributed by atoms with Crippen molar-refractivity contribution in [3.63, 3.8) is 0 Å². The first-order valence-electron chi connectivity index (χ1n) is 10.9. The van der Waals surface area contributed by atoms with Crippen LogP contribution < -0.4 is 16.1 Å². The highest BCUT2D eigenvalue weighted by molar-refractivity contribution is 6.05. The minimum absolute atomic E-state index is 0.240. The molecule has 174 valence electrons. The zero-order valence-corrected chi connectivity index (χ0v) is 18.6. The van der Waals surface area contributed by atoms with Gasteiger partial charge in [-0.3, -0.25) is 19.6 Å². The van der Waals surface area contributed by atoms with Crippen LogP contribution in [0.3, 0.4) is 0 Å². The molecule has 4 aromatic carbocycles. The lowest BCUT2D eigenvalue weighted by Crippen LogP contribution is -2.27. The molecule has 0 spiro atoms. The predicted molar refractivity (Wildman–Crippen MR) is 133 cm³/mol. The van der Waals surface area contributed by atoms with Crippen molar-refractivity contribution >= 4 is 29.1 Å². The summed E-state index contributed by atoms with van der Waals surface area (Å²) in [7, 11) is 0. The van der Waals surface area contributed by atoms with Gasteiger partial charge in [-0.25, -0.2) is 5.48 Å². The minimum Gasteiger partial charge on any atom is -0.322 e. The van der Waals surface area contributed by atoms with Gasteiger partial charge >= 0.3 is 0 Å². The first-order chi connectivity index (χ1) is 17.0. The van der Waals surface area contributed by atoms with E-state index in [-0.39, 0.29) is 11.8 Å². The highest BCUT2D eigenvalue weighted by Gasteiger charge is 2.23. The van der Waals surface area contributed by atoms with Crippen LogP contribution in [-0.4, -0.2) is 22.9 Å². The molecule has 0 unspecified atom stereocenters. The van der Waals surface area contributed by atoms with E-state index in [0.717, 1.165) is 0 Å². The lowest BCUT2D eigenvalue weighted by molar-refractivity contribution is -0.129. The Bertz CT molecular complexity index is 1210. The van der Waals surface area contributed by atoms with Gasteiger partial charge in [0.15, 0.2) is 0 Å². The third-order valence-electron chi connectivity index (χ3n) is 5.45. The van der Waals surface area contributed by atoms with Crippen LogP contribution in [0.1, 0.15) is 37.8 Å². The lowest BCUT2D eigenvalue weighted by atomic mass is 9.90. The molecule has 7 nitrogen and oxygen atoms in total. The minimum atomic E-state index is -0.794. The number of rotatable bonds is 7. The lowest BCUT2D eigenvalue weighted by Gasteiger charge is -2.17. The topological polar surface area (TPSA) is 108 Å². The number of amides is 3. The summed E-state index contributed by atoms with van der Waals surface area (Å²) in [6, 6.07) is 31.3. The zero-order valence-electron chi connectivity index (χ0n) is 18.6. The molecule has 0 bridgehead atoms. The van der Waals surface area contributed by atoms with Crippen molar-refractivity contribution < 1.29 is 19.6 Å². The molecular formula is C28H23N3O4. The van der Waals surface area contributed by atoms with E-state index in [4.69, 9.17) is 0 Å². The van der Waals surface area contributed by atoms with Crippen LogP contribution >= 0.6 is 0 Å². The standard InChI is InChI=1S/C28H23N3O4/c32-26(21-7-3-1-4-8-21)29-23-15-11-19(12-16-23)25(28(34)31-35)20-13-17-24(18-14-20)30-27(33)22-9-5-2-6-10-22/h1-18,25,35H,(H,29,32)(H,30,33)(H,31,34). The van der Waals surface area contributed by atoms with E-state index >= 15 is 0 Å². The van der Waals surface area contributed by atoms with Gasteiger partial charge in [-0.05, 0) is 59.7 Å². The third kappa shape index (κ3) is 5.79. The van der Waals surface area contributed by atoms with Gasteiger partial charge in [0, 0.05) is 22.5 Å². The van der Waals surface area contributed by atoms with E-state index < -0.39 is 11.8 Å². The van der Waals surface area contributed by atoms with Gasteiger partial charge in [0.05, 0.1) is 5.92 Å². The maximum absolute atomic E-state index is 12.5. The van der Waals surface area contributed by atoms with Crippen LogP contribution in [0.15, 0.2) is 109 Å². The maximum Gasteiger partial charge on any atom is 0.255 e. The number of hydrogen-bond acceptors (Lipinski definition) is 4. The van der Waals surface area contributed by atoms with Crippen molar-refractivity contribution in [2.24, 2.45) is 0 Å². The Balaban J connectivity index is 1.49. The molecular weight excluding hydrogens is 442 g/mol. The SMILES string of the molecule is O=C(Nc1ccc(C(C(=O)NO)c2ccc(NC(=O)c3ccccc3)cc2)cc1)c1ccccc1. The van der Waals surface area contributed by atoms with Crippen molar-refractivity contribution in [3.8, 4) is 0 Å². The molecule has 35 heavy (non-hydrogen) atoms. The fraction of sp³-hybridized carbons (Fsp3) is 0.0357. The van der Waals surface area contributed by atoms with E-state index in [1.165, 1.54) is 0 Å². The number of hydrogen-bond donors (Lipinski definition) is 4. The molecule has 4 rings (SSSR count). The molecule has 0 radical (unpaired) electrons. The van der Waals surface area contributed by atoms with E-state index in [0.29, 0.717) is 33.6 Å². The van der Waals surface area contributed by atoms with Crippen LogP contribution in [-0.2, 0) is 4.79 Å². The quantitative estimate of drug-likeness (QED) is 0.232. The van der Waals surface area contributed by atoms with Crippen molar-refractivity contribution in [1.29, 1.82) is 0 Å². The second-order valence-electron chi connectivity index (χ2n) is 7.79. The molecule has 0 aliphatic carbocycles. The molecule has 0 aliphatic rings. The van der Waals surface area contributed by atoms with E-state index in [1.54, 1.807) is 103 Å². The maximum atomic E-state index is 12.5. The van der Waals surface area contributed by atoms with Crippen LogP contribution in [0.2, 0.25) is 0 Å². The van der Waals surface area contributed by atoms with Gasteiger partial charge in [-0.15, -0.1) is 0 Å². The van der Waals surface area contributed by atoms with Gasteiger partial charge in [0.25, 0.3) is 17.7 Å². The van der Waals surface area contributed by atoms with Gasteiger partial charge < -0.3 is 10.6 Å². The summed E-state index contributed by atoms with van der Waals surface area (Å²) in [6.07, 6.45) is 0. The van der Waals surface area contributed by atoms with Crippen molar-refractivity contribution in [2.75, 3.05) is 10.6 Å². The summed E-state index contributed by atoms with van der Waals surface area (Å²) in [6.45, 7) is 0. The average molecular weight is 466 g/mol. The first kappa shape index (κ1) is 23.4. The normalized spacial score (nSPS) is 10.5. The molecule has 4 aromatic rings. The highest BCUT2D eigenvalue weighted by atomic mass is 16.5. The smallest absolute Gasteiger partial charge is 0.255 e. The van der Waals surface area contributed by atoms with Crippen molar-refractivity contribution in [2.45, 2.75) is 5.92 Å². The van der Waals surface area contributed by atoms with Crippen LogP contribution in [0, 0.1) is 0 Å². The fourth-order valence-corrected chi connectivity index (χ4v) is 3.66. The number of nitrogens with one attached hydrogen (secondary N) is 3. The van der Waals surface area contributed by atoms with Gasteiger partial charge in [-0.1, -0.05) is 60.7 Å². The number of carbonyl (C=O) groups excluding carboxylic acids is 3. The average Bonchev–Trinajstić information content (AvgIpc) is 2.91. The van der Waals surface area contributed by atoms with Crippen LogP contribution in [0.25, 0.3) is 0 Å². The molecule has 3 amide bonds.